The summed E-state index contributed by atoms with van der Waals surface area (Å²) in [6.07, 6.45) is 0. The summed E-state index contributed by atoms with van der Waals surface area (Å²) < 4.78 is 0. The molecule has 2 aromatic carbocycles. The molecule has 0 bridgehead atoms. The standard InChI is InChI=1S/C18H23NO/c1-3-19-14-15(2)18(20,16-10-6-4-7-11-16)17-12-8-5-9-13-17/h4-13,15,19-20H,3,14H2,1-2H3/t15-/m1/s1. The van der Waals surface area contributed by atoms with Crippen LogP contribution in [0, 0.1) is 5.92 Å². The van der Waals surface area contributed by atoms with Crippen LogP contribution in [0.25, 0.3) is 0 Å². The molecule has 0 saturated heterocycles. The molecule has 0 amide bonds. The van der Waals surface area contributed by atoms with E-state index in [1.54, 1.807) is 0 Å². The molecule has 20 heavy (non-hydrogen) atoms. The van der Waals surface area contributed by atoms with Crippen LogP contribution in [0.3, 0.4) is 0 Å². The zero-order chi connectivity index (χ0) is 14.4. The Hall–Kier alpha value is -1.64. The van der Waals surface area contributed by atoms with Crippen molar-refractivity contribution in [2.45, 2.75) is 19.4 Å². The van der Waals surface area contributed by atoms with Gasteiger partial charge >= 0.3 is 0 Å². The Morgan fingerprint density at radius 2 is 1.40 bits per heavy atom. The van der Waals surface area contributed by atoms with Gasteiger partial charge in [0.05, 0.1) is 0 Å². The first-order valence-electron chi connectivity index (χ1n) is 7.23. The maximum absolute atomic E-state index is 11.4. The minimum absolute atomic E-state index is 0.0762. The summed E-state index contributed by atoms with van der Waals surface area (Å²) in [4.78, 5) is 0. The second-order valence-corrected chi connectivity index (χ2v) is 5.21. The monoisotopic (exact) mass is 269 g/mol. The van der Waals surface area contributed by atoms with Crippen molar-refractivity contribution >= 4 is 0 Å². The summed E-state index contributed by atoms with van der Waals surface area (Å²) in [6.45, 7) is 5.85. The summed E-state index contributed by atoms with van der Waals surface area (Å²) >= 11 is 0. The predicted molar refractivity (Wildman–Crippen MR) is 83.6 cm³/mol. The van der Waals surface area contributed by atoms with E-state index in [2.05, 4.69) is 19.2 Å². The molecule has 2 aromatic rings. The summed E-state index contributed by atoms with van der Waals surface area (Å²) in [5.74, 6) is 0.0762. The lowest BCUT2D eigenvalue weighted by Crippen LogP contribution is -2.40. The third-order valence-corrected chi connectivity index (χ3v) is 3.84. The minimum Gasteiger partial charge on any atom is -0.380 e. The minimum atomic E-state index is -0.968. The Morgan fingerprint density at radius 3 is 1.80 bits per heavy atom. The van der Waals surface area contributed by atoms with Crippen LogP contribution in [0.1, 0.15) is 25.0 Å². The topological polar surface area (TPSA) is 32.3 Å². The Kier molecular flexibility index (Phi) is 4.94. The van der Waals surface area contributed by atoms with Gasteiger partial charge in [-0.15, -0.1) is 0 Å². The van der Waals surface area contributed by atoms with Crippen LogP contribution in [-0.4, -0.2) is 18.2 Å². The summed E-state index contributed by atoms with van der Waals surface area (Å²) in [5, 5.41) is 14.7. The van der Waals surface area contributed by atoms with Gasteiger partial charge in [-0.3, -0.25) is 0 Å². The zero-order valence-corrected chi connectivity index (χ0v) is 12.2. The first-order chi connectivity index (χ1) is 9.69. The highest BCUT2D eigenvalue weighted by Crippen LogP contribution is 2.36. The van der Waals surface area contributed by atoms with E-state index in [4.69, 9.17) is 0 Å². The molecule has 106 valence electrons. The van der Waals surface area contributed by atoms with E-state index in [9.17, 15) is 5.11 Å². The number of aliphatic hydroxyl groups is 1. The Balaban J connectivity index is 2.43. The number of hydrogen-bond donors (Lipinski definition) is 2. The van der Waals surface area contributed by atoms with Crippen LogP contribution in [0.4, 0.5) is 0 Å². The molecule has 2 N–H and O–H groups in total. The number of nitrogens with one attached hydrogen (secondary N) is 1. The maximum Gasteiger partial charge on any atom is 0.118 e. The normalized spacial score (nSPS) is 13.2. The number of benzene rings is 2. The van der Waals surface area contributed by atoms with E-state index < -0.39 is 5.60 Å². The smallest absolute Gasteiger partial charge is 0.118 e. The molecule has 0 spiro atoms. The first-order valence-corrected chi connectivity index (χ1v) is 7.23. The molecular weight excluding hydrogens is 246 g/mol. The van der Waals surface area contributed by atoms with Gasteiger partial charge in [-0.05, 0) is 17.7 Å². The fourth-order valence-corrected chi connectivity index (χ4v) is 2.63. The molecule has 0 unspecified atom stereocenters. The highest BCUT2D eigenvalue weighted by molar-refractivity contribution is 5.36. The summed E-state index contributed by atoms with van der Waals surface area (Å²) in [7, 11) is 0. The van der Waals surface area contributed by atoms with Crippen molar-refractivity contribution in [3.63, 3.8) is 0 Å². The van der Waals surface area contributed by atoms with Gasteiger partial charge in [0.15, 0.2) is 0 Å². The van der Waals surface area contributed by atoms with Crippen molar-refractivity contribution in [3.05, 3.63) is 71.8 Å². The molecule has 0 aliphatic heterocycles. The third-order valence-electron chi connectivity index (χ3n) is 3.84. The molecule has 0 aromatic heterocycles. The first kappa shape index (κ1) is 14.8. The summed E-state index contributed by atoms with van der Waals surface area (Å²) in [5.41, 5.74) is 0.915. The molecular formula is C18H23NO. The van der Waals surface area contributed by atoms with Crippen molar-refractivity contribution < 1.29 is 5.11 Å². The fraction of sp³-hybridized carbons (Fsp3) is 0.333. The van der Waals surface area contributed by atoms with Gasteiger partial charge in [0.25, 0.3) is 0 Å². The Bertz CT molecular complexity index is 470. The van der Waals surface area contributed by atoms with Gasteiger partial charge in [-0.2, -0.15) is 0 Å². The van der Waals surface area contributed by atoms with E-state index in [0.29, 0.717) is 0 Å². The molecule has 0 radical (unpaired) electrons. The van der Waals surface area contributed by atoms with Crippen LogP contribution in [0.15, 0.2) is 60.7 Å². The van der Waals surface area contributed by atoms with E-state index in [-0.39, 0.29) is 5.92 Å². The molecule has 2 heteroatoms. The maximum atomic E-state index is 11.4. The zero-order valence-electron chi connectivity index (χ0n) is 12.2. The molecule has 2 rings (SSSR count). The molecule has 0 saturated carbocycles. The van der Waals surface area contributed by atoms with Gasteiger partial charge in [0.1, 0.15) is 5.60 Å². The van der Waals surface area contributed by atoms with Crippen molar-refractivity contribution in [2.75, 3.05) is 13.1 Å². The van der Waals surface area contributed by atoms with E-state index >= 15 is 0 Å². The molecule has 2 nitrogen and oxygen atoms in total. The molecule has 0 aliphatic carbocycles. The molecule has 0 fully saturated rings. The van der Waals surface area contributed by atoms with E-state index in [1.165, 1.54) is 0 Å². The highest BCUT2D eigenvalue weighted by atomic mass is 16.3. The fourth-order valence-electron chi connectivity index (χ4n) is 2.63. The van der Waals surface area contributed by atoms with E-state index in [0.717, 1.165) is 24.2 Å². The average Bonchev–Trinajstić information content (AvgIpc) is 2.53. The van der Waals surface area contributed by atoms with E-state index in [1.807, 2.05) is 60.7 Å². The quantitative estimate of drug-likeness (QED) is 0.844. The van der Waals surface area contributed by atoms with Crippen LogP contribution in [0.5, 0.6) is 0 Å². The van der Waals surface area contributed by atoms with Crippen molar-refractivity contribution in [1.29, 1.82) is 0 Å². The third kappa shape index (κ3) is 2.92. The van der Waals surface area contributed by atoms with Gasteiger partial charge in [-0.1, -0.05) is 74.5 Å². The molecule has 0 heterocycles. The lowest BCUT2D eigenvalue weighted by Gasteiger charge is -2.35. The van der Waals surface area contributed by atoms with Gasteiger partial charge in [-0.25, -0.2) is 0 Å². The number of rotatable bonds is 6. The van der Waals surface area contributed by atoms with Crippen molar-refractivity contribution in [2.24, 2.45) is 5.92 Å². The average molecular weight is 269 g/mol. The van der Waals surface area contributed by atoms with Gasteiger partial charge < -0.3 is 10.4 Å². The van der Waals surface area contributed by atoms with Crippen molar-refractivity contribution in [3.8, 4) is 0 Å². The summed E-state index contributed by atoms with van der Waals surface area (Å²) in [6, 6.07) is 19.8. The molecule has 0 aliphatic rings. The van der Waals surface area contributed by atoms with Gasteiger partial charge in [0, 0.05) is 12.5 Å². The van der Waals surface area contributed by atoms with Gasteiger partial charge in [0.2, 0.25) is 0 Å². The number of hydrogen-bond acceptors (Lipinski definition) is 2. The van der Waals surface area contributed by atoms with Crippen LogP contribution >= 0.6 is 0 Å². The van der Waals surface area contributed by atoms with Crippen LogP contribution in [-0.2, 0) is 5.60 Å². The Labute approximate surface area is 121 Å². The highest BCUT2D eigenvalue weighted by Gasteiger charge is 2.36. The van der Waals surface area contributed by atoms with Crippen LogP contribution < -0.4 is 5.32 Å². The Morgan fingerprint density at radius 1 is 0.950 bits per heavy atom. The van der Waals surface area contributed by atoms with Crippen molar-refractivity contribution in [1.82, 2.24) is 5.32 Å². The lowest BCUT2D eigenvalue weighted by molar-refractivity contribution is 0.0243. The largest absolute Gasteiger partial charge is 0.380 e. The predicted octanol–water partition coefficient (Wildman–Crippen LogP) is 3.17. The molecule has 1 atom stereocenters. The van der Waals surface area contributed by atoms with Crippen LogP contribution in [0.2, 0.25) is 0 Å². The SMILES string of the molecule is CCNC[C@@H](C)C(O)(c1ccccc1)c1ccccc1. The second kappa shape index (κ2) is 6.69. The second-order valence-electron chi connectivity index (χ2n) is 5.21. The lowest BCUT2D eigenvalue weighted by atomic mass is 9.77.